The lowest BCUT2D eigenvalue weighted by Crippen LogP contribution is -2.41. The van der Waals surface area contributed by atoms with Crippen LogP contribution in [0.3, 0.4) is 0 Å². The van der Waals surface area contributed by atoms with E-state index >= 15 is 0 Å². The number of halogens is 4. The molecule has 2 aromatic rings. The molecule has 31 heavy (non-hydrogen) atoms. The topological polar surface area (TPSA) is 64.0 Å². The number of rotatable bonds is 9. The third kappa shape index (κ3) is 4.98. The fourth-order valence-corrected chi connectivity index (χ4v) is 3.14. The second-order valence-electron chi connectivity index (χ2n) is 7.00. The summed E-state index contributed by atoms with van der Waals surface area (Å²) >= 11 is 0. The van der Waals surface area contributed by atoms with Gasteiger partial charge >= 0.3 is 12.0 Å². The molecule has 9 heteroatoms. The van der Waals surface area contributed by atoms with Gasteiger partial charge in [0, 0.05) is 18.2 Å². The van der Waals surface area contributed by atoms with Crippen LogP contribution in [0, 0.1) is 11.3 Å². The molecular formula is C22H21F4NO4. The van der Waals surface area contributed by atoms with E-state index in [4.69, 9.17) is 9.47 Å². The molecule has 1 aliphatic rings. The number of nitriles is 1. The Hall–Kier alpha value is -2.67. The highest BCUT2D eigenvalue weighted by Gasteiger charge is 2.59. The lowest BCUT2D eigenvalue weighted by atomic mass is 10.00. The molecule has 2 atom stereocenters. The van der Waals surface area contributed by atoms with Gasteiger partial charge in [0.25, 0.3) is 0 Å². The summed E-state index contributed by atoms with van der Waals surface area (Å²) in [6, 6.07) is 10.3. The predicted octanol–water partition coefficient (Wildman–Crippen LogP) is 5.68. The van der Waals surface area contributed by atoms with Gasteiger partial charge in [-0.2, -0.15) is 22.8 Å². The van der Waals surface area contributed by atoms with Gasteiger partial charge in [-0.1, -0.05) is 19.4 Å². The van der Waals surface area contributed by atoms with E-state index < -0.39 is 24.4 Å². The van der Waals surface area contributed by atoms with Crippen molar-refractivity contribution in [3.8, 4) is 17.6 Å². The smallest absolute Gasteiger partial charge is 0.453 e. The van der Waals surface area contributed by atoms with Crippen molar-refractivity contribution in [3.63, 3.8) is 0 Å². The molecule has 5 nitrogen and oxygen atoms in total. The van der Waals surface area contributed by atoms with Crippen LogP contribution in [0.1, 0.15) is 41.7 Å². The molecule has 0 N–H and O–H groups in total. The van der Waals surface area contributed by atoms with Crippen molar-refractivity contribution in [1.82, 2.24) is 0 Å². The fourth-order valence-electron chi connectivity index (χ4n) is 3.14. The first kappa shape index (κ1) is 23.0. The molecule has 166 valence electrons. The summed E-state index contributed by atoms with van der Waals surface area (Å²) in [5.41, 5.74) is 0.815. The summed E-state index contributed by atoms with van der Waals surface area (Å²) in [5.74, 6) is -3.42. The van der Waals surface area contributed by atoms with Crippen molar-refractivity contribution in [2.75, 3.05) is 20.5 Å². The lowest BCUT2D eigenvalue weighted by molar-refractivity contribution is -0.357. The quantitative estimate of drug-likeness (QED) is 0.286. The van der Waals surface area contributed by atoms with Crippen LogP contribution in [0.25, 0.3) is 0 Å². The van der Waals surface area contributed by atoms with Crippen molar-refractivity contribution in [3.05, 3.63) is 58.7 Å². The van der Waals surface area contributed by atoms with E-state index in [1.54, 1.807) is 12.1 Å². The molecule has 1 aliphatic heterocycles. The van der Waals surface area contributed by atoms with E-state index in [1.165, 1.54) is 12.1 Å². The summed E-state index contributed by atoms with van der Waals surface area (Å²) in [7, 11) is 1.10. The third-order valence-electron chi connectivity index (χ3n) is 4.74. The number of epoxide rings is 1. The Balaban J connectivity index is 1.94. The van der Waals surface area contributed by atoms with Crippen LogP contribution in [0.15, 0.2) is 36.4 Å². The molecule has 2 aromatic carbocycles. The van der Waals surface area contributed by atoms with Gasteiger partial charge in [-0.05, 0) is 42.3 Å². The van der Waals surface area contributed by atoms with Gasteiger partial charge in [0.05, 0.1) is 18.2 Å². The zero-order valence-electron chi connectivity index (χ0n) is 17.0. The van der Waals surface area contributed by atoms with E-state index in [0.29, 0.717) is 36.3 Å². The SMILES string of the molecule is CCCc1cc(C(F)(OCOC)C(F)(F)F)ccc1Oc1ccc(C2CO2)c(C#N)c1. The Morgan fingerprint density at radius 2 is 1.90 bits per heavy atom. The molecule has 0 bridgehead atoms. The number of methoxy groups -OCH3 is 1. The summed E-state index contributed by atoms with van der Waals surface area (Å²) in [4.78, 5) is 0. The number of benzene rings is 2. The number of hydrogen-bond donors (Lipinski definition) is 0. The Morgan fingerprint density at radius 3 is 2.48 bits per heavy atom. The minimum atomic E-state index is -5.31. The molecule has 0 aromatic heterocycles. The van der Waals surface area contributed by atoms with Crippen molar-refractivity contribution in [1.29, 1.82) is 5.26 Å². The van der Waals surface area contributed by atoms with Crippen molar-refractivity contribution >= 4 is 0 Å². The highest BCUT2D eigenvalue weighted by Crippen LogP contribution is 2.45. The minimum absolute atomic E-state index is 0.106. The van der Waals surface area contributed by atoms with Crippen LogP contribution in [0.2, 0.25) is 0 Å². The van der Waals surface area contributed by atoms with Gasteiger partial charge < -0.3 is 18.9 Å². The van der Waals surface area contributed by atoms with Gasteiger partial charge in [-0.25, -0.2) is 0 Å². The van der Waals surface area contributed by atoms with Crippen LogP contribution in [0.4, 0.5) is 17.6 Å². The van der Waals surface area contributed by atoms with Gasteiger partial charge in [-0.15, -0.1) is 0 Å². The Morgan fingerprint density at radius 1 is 1.16 bits per heavy atom. The van der Waals surface area contributed by atoms with Gasteiger partial charge in [0.2, 0.25) is 0 Å². The number of ether oxygens (including phenoxy) is 4. The molecule has 1 fully saturated rings. The Bertz CT molecular complexity index is 969. The van der Waals surface area contributed by atoms with Crippen LogP contribution < -0.4 is 4.74 Å². The zero-order chi connectivity index (χ0) is 22.6. The lowest BCUT2D eigenvalue weighted by Gasteiger charge is -2.28. The number of hydrogen-bond acceptors (Lipinski definition) is 5. The van der Waals surface area contributed by atoms with E-state index in [2.05, 4.69) is 15.5 Å². The average molecular weight is 439 g/mol. The van der Waals surface area contributed by atoms with Crippen molar-refractivity contribution < 1.29 is 36.5 Å². The molecule has 2 unspecified atom stereocenters. The third-order valence-corrected chi connectivity index (χ3v) is 4.74. The summed E-state index contributed by atoms with van der Waals surface area (Å²) in [5, 5.41) is 9.36. The average Bonchev–Trinajstić information content (AvgIpc) is 3.57. The first-order valence-electron chi connectivity index (χ1n) is 9.59. The Labute approximate surface area is 177 Å². The van der Waals surface area contributed by atoms with Gasteiger partial charge in [0.15, 0.2) is 6.79 Å². The molecular weight excluding hydrogens is 418 g/mol. The highest BCUT2D eigenvalue weighted by atomic mass is 19.4. The van der Waals surface area contributed by atoms with Gasteiger partial charge in [0.1, 0.15) is 17.6 Å². The van der Waals surface area contributed by atoms with Crippen molar-refractivity contribution in [2.24, 2.45) is 0 Å². The second-order valence-corrected chi connectivity index (χ2v) is 7.00. The largest absolute Gasteiger partial charge is 0.457 e. The van der Waals surface area contributed by atoms with Crippen LogP contribution in [-0.4, -0.2) is 26.7 Å². The van der Waals surface area contributed by atoms with E-state index in [1.807, 2.05) is 6.92 Å². The van der Waals surface area contributed by atoms with Gasteiger partial charge in [-0.3, -0.25) is 0 Å². The van der Waals surface area contributed by atoms with E-state index in [9.17, 15) is 22.8 Å². The van der Waals surface area contributed by atoms with E-state index in [-0.39, 0.29) is 11.9 Å². The van der Waals surface area contributed by atoms with E-state index in [0.717, 1.165) is 24.8 Å². The molecule has 0 radical (unpaired) electrons. The number of aryl methyl sites for hydroxylation is 1. The maximum absolute atomic E-state index is 14.9. The molecule has 0 aliphatic carbocycles. The summed E-state index contributed by atoms with van der Waals surface area (Å²) in [6.45, 7) is 1.51. The molecule has 0 saturated carbocycles. The van der Waals surface area contributed by atoms with Crippen LogP contribution in [0.5, 0.6) is 11.5 Å². The number of alkyl halides is 4. The predicted molar refractivity (Wildman–Crippen MR) is 102 cm³/mol. The maximum Gasteiger partial charge on any atom is 0.453 e. The first-order chi connectivity index (χ1) is 14.7. The molecule has 3 rings (SSSR count). The molecule has 1 saturated heterocycles. The van der Waals surface area contributed by atoms with Crippen LogP contribution >= 0.6 is 0 Å². The fraction of sp³-hybridized carbons (Fsp3) is 0.409. The normalized spacial score (nSPS) is 17.6. The Kier molecular flexibility index (Phi) is 6.84. The molecule has 1 heterocycles. The highest BCUT2D eigenvalue weighted by molar-refractivity contribution is 5.48. The maximum atomic E-state index is 14.9. The minimum Gasteiger partial charge on any atom is -0.457 e. The summed E-state index contributed by atoms with van der Waals surface area (Å²) < 4.78 is 75.1. The molecule has 0 amide bonds. The molecule has 0 spiro atoms. The number of nitrogens with zero attached hydrogens (tertiary/aromatic N) is 1. The zero-order valence-corrected chi connectivity index (χ0v) is 17.0. The first-order valence-corrected chi connectivity index (χ1v) is 9.59. The monoisotopic (exact) mass is 439 g/mol. The second kappa shape index (κ2) is 9.22. The standard InChI is InChI=1S/C22H21F4NO4/c1-3-4-14-9-16(21(23,22(24,25)26)30-13-28-2)5-8-19(14)31-17-6-7-18(20-12-29-20)15(10-17)11-27/h5-10,20H,3-4,12-13H2,1-2H3. The van der Waals surface area contributed by atoms with Crippen molar-refractivity contribution in [2.45, 2.75) is 37.9 Å². The van der Waals surface area contributed by atoms with Crippen LogP contribution in [-0.2, 0) is 26.5 Å². The summed E-state index contributed by atoms with van der Waals surface area (Å²) in [6.07, 6.45) is -4.48.